The predicted octanol–water partition coefficient (Wildman–Crippen LogP) is 3.71. The minimum absolute atomic E-state index is 0.0749. The van der Waals surface area contributed by atoms with Gasteiger partial charge in [0.15, 0.2) is 18.5 Å². The van der Waals surface area contributed by atoms with Crippen molar-refractivity contribution in [3.8, 4) is 11.5 Å². The summed E-state index contributed by atoms with van der Waals surface area (Å²) in [5.41, 5.74) is 1.00. The number of nitrogens with one attached hydrogen (secondary N) is 2. The van der Waals surface area contributed by atoms with Gasteiger partial charge in [0.25, 0.3) is 11.8 Å². The molecule has 1 atom stereocenters. The fraction of sp³-hybridized carbons (Fsp3) is 0.263. The van der Waals surface area contributed by atoms with Crippen LogP contribution in [0, 0.1) is 5.92 Å². The van der Waals surface area contributed by atoms with Gasteiger partial charge in [-0.1, -0.05) is 37.6 Å². The summed E-state index contributed by atoms with van der Waals surface area (Å²) >= 11 is 5.98. The van der Waals surface area contributed by atoms with E-state index < -0.39 is 6.10 Å². The van der Waals surface area contributed by atoms with E-state index in [1.165, 1.54) is 0 Å². The van der Waals surface area contributed by atoms with Crippen LogP contribution in [-0.4, -0.2) is 24.5 Å². The Labute approximate surface area is 156 Å². The van der Waals surface area contributed by atoms with Crippen LogP contribution in [0.25, 0.3) is 0 Å². The molecular formula is C19H19ClN2O4. The number of ether oxygens (including phenoxy) is 2. The third-order valence-corrected chi connectivity index (χ3v) is 4.05. The molecular weight excluding hydrogens is 356 g/mol. The van der Waals surface area contributed by atoms with Crippen molar-refractivity contribution < 1.29 is 19.1 Å². The van der Waals surface area contributed by atoms with Crippen molar-refractivity contribution in [1.82, 2.24) is 0 Å². The molecule has 0 saturated heterocycles. The van der Waals surface area contributed by atoms with Gasteiger partial charge in [0, 0.05) is 5.02 Å². The van der Waals surface area contributed by atoms with Crippen LogP contribution in [-0.2, 0) is 9.59 Å². The van der Waals surface area contributed by atoms with Crippen LogP contribution in [0.2, 0.25) is 5.02 Å². The molecule has 0 spiro atoms. The highest BCUT2D eigenvalue weighted by molar-refractivity contribution is 6.30. The Hall–Kier alpha value is -2.73. The van der Waals surface area contributed by atoms with Crippen molar-refractivity contribution in [2.75, 3.05) is 17.2 Å². The zero-order valence-electron chi connectivity index (χ0n) is 14.4. The molecule has 2 amide bonds. The van der Waals surface area contributed by atoms with Gasteiger partial charge in [0.1, 0.15) is 5.75 Å². The number of carbonyl (C=O) groups is 2. The van der Waals surface area contributed by atoms with Crippen molar-refractivity contribution in [3.05, 3.63) is 47.5 Å². The Morgan fingerprint density at radius 2 is 2.04 bits per heavy atom. The van der Waals surface area contributed by atoms with Gasteiger partial charge in [-0.05, 0) is 36.2 Å². The number of rotatable bonds is 5. The smallest absolute Gasteiger partial charge is 0.265 e. The van der Waals surface area contributed by atoms with E-state index in [2.05, 4.69) is 10.6 Å². The second-order valence-electron chi connectivity index (χ2n) is 6.25. The molecule has 0 fully saturated rings. The number of carbonyl (C=O) groups excluding carboxylic acids is 2. The summed E-state index contributed by atoms with van der Waals surface area (Å²) in [6, 6.07) is 12.1. The quantitative estimate of drug-likeness (QED) is 0.836. The lowest BCUT2D eigenvalue weighted by Crippen LogP contribution is -2.37. The number of para-hydroxylation sites is 1. The number of benzene rings is 2. The minimum Gasteiger partial charge on any atom is -0.480 e. The highest BCUT2D eigenvalue weighted by Crippen LogP contribution is 2.35. The molecule has 0 radical (unpaired) electrons. The second kappa shape index (κ2) is 7.66. The maximum Gasteiger partial charge on any atom is 0.265 e. The topological polar surface area (TPSA) is 76.7 Å². The molecule has 0 aromatic heterocycles. The molecule has 0 aliphatic carbocycles. The standard InChI is InChI=1S/C19H19ClN2O4/c1-11(2)17(26-13-6-3-5-12(20)9-13)19(24)22-15-8-4-7-14-18(15)25-10-16(23)21-14/h3-9,11,17H,10H2,1-2H3,(H,21,23)(H,22,24). The molecule has 7 heteroatoms. The minimum atomic E-state index is -0.720. The molecule has 1 aliphatic rings. The molecule has 2 aromatic rings. The number of hydrogen-bond acceptors (Lipinski definition) is 4. The average Bonchev–Trinajstić information content (AvgIpc) is 2.59. The number of amides is 2. The van der Waals surface area contributed by atoms with Gasteiger partial charge in [0.05, 0.1) is 11.4 Å². The molecule has 2 aromatic carbocycles. The molecule has 136 valence electrons. The van der Waals surface area contributed by atoms with E-state index >= 15 is 0 Å². The molecule has 3 rings (SSSR count). The zero-order chi connectivity index (χ0) is 18.7. The highest BCUT2D eigenvalue weighted by Gasteiger charge is 2.27. The van der Waals surface area contributed by atoms with Gasteiger partial charge in [0.2, 0.25) is 0 Å². The number of hydrogen-bond donors (Lipinski definition) is 2. The van der Waals surface area contributed by atoms with Gasteiger partial charge >= 0.3 is 0 Å². The molecule has 0 bridgehead atoms. The summed E-state index contributed by atoms with van der Waals surface area (Å²) in [6.07, 6.45) is -0.720. The van der Waals surface area contributed by atoms with E-state index in [-0.39, 0.29) is 24.3 Å². The zero-order valence-corrected chi connectivity index (χ0v) is 15.2. The first-order valence-electron chi connectivity index (χ1n) is 8.23. The maximum atomic E-state index is 12.8. The largest absolute Gasteiger partial charge is 0.480 e. The molecule has 0 saturated carbocycles. The SMILES string of the molecule is CC(C)C(Oc1cccc(Cl)c1)C(=O)Nc1cccc2c1OCC(=O)N2. The predicted molar refractivity (Wildman–Crippen MR) is 99.9 cm³/mol. The highest BCUT2D eigenvalue weighted by atomic mass is 35.5. The summed E-state index contributed by atoms with van der Waals surface area (Å²) in [4.78, 5) is 24.2. The Balaban J connectivity index is 1.79. The van der Waals surface area contributed by atoms with Crippen LogP contribution >= 0.6 is 11.6 Å². The van der Waals surface area contributed by atoms with Crippen LogP contribution < -0.4 is 20.1 Å². The summed E-state index contributed by atoms with van der Waals surface area (Å²) in [7, 11) is 0. The average molecular weight is 375 g/mol. The first-order chi connectivity index (χ1) is 12.4. The van der Waals surface area contributed by atoms with Crippen LogP contribution in [0.5, 0.6) is 11.5 Å². The van der Waals surface area contributed by atoms with E-state index in [1.54, 1.807) is 42.5 Å². The van der Waals surface area contributed by atoms with Gasteiger partial charge in [-0.15, -0.1) is 0 Å². The van der Waals surface area contributed by atoms with Gasteiger partial charge in [-0.2, -0.15) is 0 Å². The van der Waals surface area contributed by atoms with Crippen LogP contribution in [0.1, 0.15) is 13.8 Å². The molecule has 26 heavy (non-hydrogen) atoms. The first-order valence-corrected chi connectivity index (χ1v) is 8.60. The normalized spacial score (nSPS) is 14.1. The van der Waals surface area contributed by atoms with Crippen molar-refractivity contribution in [2.45, 2.75) is 20.0 Å². The third-order valence-electron chi connectivity index (χ3n) is 3.82. The van der Waals surface area contributed by atoms with Crippen molar-refractivity contribution in [3.63, 3.8) is 0 Å². The van der Waals surface area contributed by atoms with Gasteiger partial charge in [-0.3, -0.25) is 9.59 Å². The van der Waals surface area contributed by atoms with E-state index in [1.807, 2.05) is 13.8 Å². The van der Waals surface area contributed by atoms with Crippen LogP contribution in [0.3, 0.4) is 0 Å². The summed E-state index contributed by atoms with van der Waals surface area (Å²) in [6.45, 7) is 3.70. The fourth-order valence-corrected chi connectivity index (χ4v) is 2.78. The maximum absolute atomic E-state index is 12.8. The molecule has 2 N–H and O–H groups in total. The van der Waals surface area contributed by atoms with E-state index in [9.17, 15) is 9.59 Å². The molecule has 1 heterocycles. The van der Waals surface area contributed by atoms with Gasteiger partial charge in [-0.25, -0.2) is 0 Å². The number of anilines is 2. The molecule has 1 aliphatic heterocycles. The fourth-order valence-electron chi connectivity index (χ4n) is 2.60. The summed E-state index contributed by atoms with van der Waals surface area (Å²) in [5, 5.41) is 6.07. The monoisotopic (exact) mass is 374 g/mol. The molecule has 6 nitrogen and oxygen atoms in total. The summed E-state index contributed by atoms with van der Waals surface area (Å²) in [5.74, 6) is 0.337. The van der Waals surface area contributed by atoms with Crippen LogP contribution in [0.15, 0.2) is 42.5 Å². The lowest BCUT2D eigenvalue weighted by molar-refractivity contribution is -0.124. The number of fused-ring (bicyclic) bond motifs is 1. The van der Waals surface area contributed by atoms with Crippen molar-refractivity contribution in [1.29, 1.82) is 0 Å². The Kier molecular flexibility index (Phi) is 5.32. The Morgan fingerprint density at radius 1 is 1.27 bits per heavy atom. The van der Waals surface area contributed by atoms with E-state index in [4.69, 9.17) is 21.1 Å². The number of halogens is 1. The Morgan fingerprint density at radius 3 is 2.77 bits per heavy atom. The first kappa shape index (κ1) is 18.1. The van der Waals surface area contributed by atoms with Crippen LogP contribution in [0.4, 0.5) is 11.4 Å². The van der Waals surface area contributed by atoms with Gasteiger partial charge < -0.3 is 20.1 Å². The molecule has 1 unspecified atom stereocenters. The third kappa shape index (κ3) is 4.08. The van der Waals surface area contributed by atoms with E-state index in [0.29, 0.717) is 27.9 Å². The summed E-state index contributed by atoms with van der Waals surface area (Å²) < 4.78 is 11.3. The van der Waals surface area contributed by atoms with Crippen molar-refractivity contribution >= 4 is 34.8 Å². The van der Waals surface area contributed by atoms with Crippen molar-refractivity contribution in [2.24, 2.45) is 5.92 Å². The Bertz CT molecular complexity index is 838. The lowest BCUT2D eigenvalue weighted by Gasteiger charge is -2.24. The van der Waals surface area contributed by atoms with E-state index in [0.717, 1.165) is 0 Å². The lowest BCUT2D eigenvalue weighted by atomic mass is 10.1. The second-order valence-corrected chi connectivity index (χ2v) is 6.68.